The van der Waals surface area contributed by atoms with Crippen molar-refractivity contribution in [2.24, 2.45) is 0 Å². The van der Waals surface area contributed by atoms with E-state index in [0.29, 0.717) is 0 Å². The minimum atomic E-state index is 0.732. The first-order chi connectivity index (χ1) is 16.8. The number of aromatic nitrogens is 2. The summed E-state index contributed by atoms with van der Waals surface area (Å²) < 4.78 is 0. The summed E-state index contributed by atoms with van der Waals surface area (Å²) in [6.07, 6.45) is 0. The van der Waals surface area contributed by atoms with Gasteiger partial charge < -0.3 is 0 Å². The Kier molecular flexibility index (Phi) is 5.17. The quantitative estimate of drug-likeness (QED) is 0.279. The Morgan fingerprint density at radius 2 is 0.912 bits per heavy atom. The van der Waals surface area contributed by atoms with Crippen molar-refractivity contribution in [2.45, 2.75) is 0 Å². The molecule has 0 saturated heterocycles. The molecule has 1 heterocycles. The highest BCUT2D eigenvalue weighted by Crippen LogP contribution is 2.32. The van der Waals surface area contributed by atoms with Gasteiger partial charge in [-0.1, -0.05) is 127 Å². The monoisotopic (exact) mass is 434 g/mol. The first-order valence-electron chi connectivity index (χ1n) is 11.4. The highest BCUT2D eigenvalue weighted by atomic mass is 14.9. The molecule has 0 radical (unpaired) electrons. The van der Waals surface area contributed by atoms with Crippen molar-refractivity contribution in [3.63, 3.8) is 0 Å². The fraction of sp³-hybridized carbons (Fsp3) is 0. The Morgan fingerprint density at radius 3 is 1.62 bits per heavy atom. The van der Waals surface area contributed by atoms with Crippen LogP contribution in [-0.2, 0) is 0 Å². The van der Waals surface area contributed by atoms with Gasteiger partial charge in [-0.15, -0.1) is 0 Å². The van der Waals surface area contributed by atoms with Gasteiger partial charge in [-0.05, 0) is 28.0 Å². The van der Waals surface area contributed by atoms with Crippen LogP contribution in [0.4, 0.5) is 0 Å². The summed E-state index contributed by atoms with van der Waals surface area (Å²) in [6, 6.07) is 46.2. The average Bonchev–Trinajstić information content (AvgIpc) is 2.93. The molecule has 0 fully saturated rings. The van der Waals surface area contributed by atoms with E-state index in [2.05, 4.69) is 97.1 Å². The highest BCUT2D eigenvalue weighted by Gasteiger charge is 2.11. The van der Waals surface area contributed by atoms with Crippen LogP contribution in [-0.4, -0.2) is 9.97 Å². The van der Waals surface area contributed by atoms with E-state index in [1.54, 1.807) is 0 Å². The van der Waals surface area contributed by atoms with Crippen molar-refractivity contribution in [1.82, 2.24) is 9.97 Å². The van der Waals surface area contributed by atoms with Crippen LogP contribution in [0.2, 0.25) is 0 Å². The minimum absolute atomic E-state index is 0.732. The first-order valence-corrected chi connectivity index (χ1v) is 11.4. The molecule has 0 aliphatic rings. The number of nitrogens with zero attached hydrogens (tertiary/aromatic N) is 2. The summed E-state index contributed by atoms with van der Waals surface area (Å²) in [5, 5.41) is 2.51. The first kappa shape index (κ1) is 20.1. The second kappa shape index (κ2) is 8.76. The van der Waals surface area contributed by atoms with Crippen molar-refractivity contribution < 1.29 is 0 Å². The summed E-state index contributed by atoms with van der Waals surface area (Å²) in [5.74, 6) is 0.732. The van der Waals surface area contributed by atoms with Gasteiger partial charge in [0.15, 0.2) is 5.82 Å². The Labute approximate surface area is 199 Å². The largest absolute Gasteiger partial charge is 0.228 e. The maximum atomic E-state index is 4.94. The maximum Gasteiger partial charge on any atom is 0.160 e. The van der Waals surface area contributed by atoms with E-state index in [1.165, 1.54) is 21.9 Å². The van der Waals surface area contributed by atoms with Gasteiger partial charge >= 0.3 is 0 Å². The molecule has 6 aromatic rings. The van der Waals surface area contributed by atoms with Gasteiger partial charge in [-0.2, -0.15) is 0 Å². The van der Waals surface area contributed by atoms with Crippen LogP contribution in [0, 0.1) is 0 Å². The van der Waals surface area contributed by atoms with Gasteiger partial charge in [0.2, 0.25) is 0 Å². The minimum Gasteiger partial charge on any atom is -0.228 e. The molecular weight excluding hydrogens is 412 g/mol. The van der Waals surface area contributed by atoms with E-state index in [1.807, 2.05) is 36.4 Å². The predicted octanol–water partition coefficient (Wildman–Crippen LogP) is 8.30. The lowest BCUT2D eigenvalue weighted by molar-refractivity contribution is 1.18. The third-order valence-corrected chi connectivity index (χ3v) is 6.11. The zero-order chi connectivity index (χ0) is 22.7. The summed E-state index contributed by atoms with van der Waals surface area (Å²) >= 11 is 0. The lowest BCUT2D eigenvalue weighted by atomic mass is 9.97. The van der Waals surface area contributed by atoms with Crippen molar-refractivity contribution in [2.75, 3.05) is 0 Å². The standard InChI is InChI=1S/C32H22N2/c1-3-11-25(12-4-1)30-22-31(34-32(33-30)27-13-5-2-6-14-27)26-20-18-24(19-21-26)29-17-9-15-23-10-7-8-16-28(23)29/h1-22H. The van der Waals surface area contributed by atoms with E-state index < -0.39 is 0 Å². The second-order valence-electron chi connectivity index (χ2n) is 8.30. The van der Waals surface area contributed by atoms with Crippen LogP contribution >= 0.6 is 0 Å². The molecule has 160 valence electrons. The summed E-state index contributed by atoms with van der Waals surface area (Å²) in [5.41, 5.74) is 7.42. The van der Waals surface area contributed by atoms with Crippen LogP contribution in [0.25, 0.3) is 55.8 Å². The zero-order valence-electron chi connectivity index (χ0n) is 18.6. The van der Waals surface area contributed by atoms with Crippen molar-refractivity contribution in [3.05, 3.63) is 133 Å². The molecule has 0 aliphatic carbocycles. The molecule has 34 heavy (non-hydrogen) atoms. The van der Waals surface area contributed by atoms with E-state index >= 15 is 0 Å². The van der Waals surface area contributed by atoms with E-state index in [0.717, 1.165) is 33.9 Å². The van der Waals surface area contributed by atoms with Crippen LogP contribution in [0.1, 0.15) is 0 Å². The smallest absolute Gasteiger partial charge is 0.160 e. The number of hydrogen-bond acceptors (Lipinski definition) is 2. The molecule has 0 amide bonds. The molecule has 2 nitrogen and oxygen atoms in total. The second-order valence-corrected chi connectivity index (χ2v) is 8.30. The molecule has 6 rings (SSSR count). The van der Waals surface area contributed by atoms with E-state index in [-0.39, 0.29) is 0 Å². The highest BCUT2D eigenvalue weighted by molar-refractivity contribution is 5.96. The topological polar surface area (TPSA) is 25.8 Å². The Bertz CT molecular complexity index is 1510. The third-order valence-electron chi connectivity index (χ3n) is 6.11. The normalized spacial score (nSPS) is 10.9. The Morgan fingerprint density at radius 1 is 0.382 bits per heavy atom. The molecule has 0 aliphatic heterocycles. The molecule has 1 aromatic heterocycles. The van der Waals surface area contributed by atoms with Crippen LogP contribution in [0.3, 0.4) is 0 Å². The molecule has 0 N–H and O–H groups in total. The van der Waals surface area contributed by atoms with Crippen LogP contribution in [0.5, 0.6) is 0 Å². The molecule has 5 aromatic carbocycles. The SMILES string of the molecule is c1ccc(-c2cc(-c3ccc(-c4cccc5ccccc45)cc3)nc(-c3ccccc3)n2)cc1. The lowest BCUT2D eigenvalue weighted by Gasteiger charge is -2.11. The fourth-order valence-electron chi connectivity index (χ4n) is 4.37. The van der Waals surface area contributed by atoms with Crippen molar-refractivity contribution in [1.29, 1.82) is 0 Å². The predicted molar refractivity (Wildman–Crippen MR) is 141 cm³/mol. The fourth-order valence-corrected chi connectivity index (χ4v) is 4.37. The number of rotatable bonds is 4. The van der Waals surface area contributed by atoms with Crippen LogP contribution < -0.4 is 0 Å². The number of fused-ring (bicyclic) bond motifs is 1. The molecule has 0 unspecified atom stereocenters. The van der Waals surface area contributed by atoms with Crippen molar-refractivity contribution in [3.8, 4) is 45.0 Å². The lowest BCUT2D eigenvalue weighted by Crippen LogP contribution is -1.95. The Balaban J connectivity index is 1.45. The third kappa shape index (κ3) is 3.87. The number of hydrogen-bond donors (Lipinski definition) is 0. The summed E-state index contributed by atoms with van der Waals surface area (Å²) in [7, 11) is 0. The van der Waals surface area contributed by atoms with E-state index in [4.69, 9.17) is 9.97 Å². The zero-order valence-corrected chi connectivity index (χ0v) is 18.6. The van der Waals surface area contributed by atoms with Gasteiger partial charge in [-0.3, -0.25) is 0 Å². The van der Waals surface area contributed by atoms with Crippen LogP contribution in [0.15, 0.2) is 133 Å². The maximum absolute atomic E-state index is 4.94. The molecule has 0 bridgehead atoms. The molecule has 0 saturated carbocycles. The van der Waals surface area contributed by atoms with Crippen molar-refractivity contribution >= 4 is 10.8 Å². The van der Waals surface area contributed by atoms with E-state index in [9.17, 15) is 0 Å². The molecule has 0 spiro atoms. The number of benzene rings is 5. The van der Waals surface area contributed by atoms with Gasteiger partial charge in [-0.25, -0.2) is 9.97 Å². The Hall–Kier alpha value is -4.56. The average molecular weight is 435 g/mol. The molecule has 0 atom stereocenters. The summed E-state index contributed by atoms with van der Waals surface area (Å²) in [4.78, 5) is 9.83. The summed E-state index contributed by atoms with van der Waals surface area (Å²) in [6.45, 7) is 0. The molecular formula is C32H22N2. The van der Waals surface area contributed by atoms with Gasteiger partial charge in [0.1, 0.15) is 0 Å². The van der Waals surface area contributed by atoms with Gasteiger partial charge in [0.05, 0.1) is 11.4 Å². The molecule has 2 heteroatoms. The van der Waals surface area contributed by atoms with Gasteiger partial charge in [0, 0.05) is 16.7 Å². The van der Waals surface area contributed by atoms with Gasteiger partial charge in [0.25, 0.3) is 0 Å².